The number of hydrogen-bond acceptors (Lipinski definition) is 4. The van der Waals surface area contributed by atoms with Gasteiger partial charge >= 0.3 is 0 Å². The number of fused-ring (bicyclic) bond motifs is 1. The zero-order chi connectivity index (χ0) is 10.3. The molecule has 0 atom stereocenters. The number of hydrogen-bond donors (Lipinski definition) is 2. The van der Waals surface area contributed by atoms with Gasteiger partial charge in [-0.15, -0.1) is 17.2 Å². The number of thiol groups is 1. The van der Waals surface area contributed by atoms with E-state index in [9.17, 15) is 5.21 Å². The van der Waals surface area contributed by atoms with Gasteiger partial charge in [-0.1, -0.05) is 16.4 Å². The molecule has 0 saturated heterocycles. The Morgan fingerprint density at radius 2 is 2.29 bits per heavy atom. The summed E-state index contributed by atoms with van der Waals surface area (Å²) in [6, 6.07) is 5.49. The number of nitrogens with one attached hydrogen (secondary N) is 1. The number of rotatable bonds is 0. The van der Waals surface area contributed by atoms with Crippen LogP contribution in [-0.4, -0.2) is 4.53 Å². The fourth-order valence-corrected chi connectivity index (χ4v) is 1.68. The first kappa shape index (κ1) is 9.48. The molecule has 1 aromatic rings. The predicted octanol–water partition coefficient (Wildman–Crippen LogP) is -0.132. The minimum atomic E-state index is 0.508. The Morgan fingerprint density at radius 1 is 1.57 bits per heavy atom. The molecule has 0 radical (unpaired) electrons. The summed E-state index contributed by atoms with van der Waals surface area (Å²) >= 11 is 9.89. The standard InChI is InChI=1S/C8H8ClN3OS/c1-5-2-3-6-7(4-5)12(13)10-11(9)8(6)14/h2-4,10,14H,1H3. The summed E-state index contributed by atoms with van der Waals surface area (Å²) in [6.07, 6.45) is 0. The molecule has 1 heterocycles. The van der Waals surface area contributed by atoms with E-state index in [1.165, 1.54) is 0 Å². The van der Waals surface area contributed by atoms with Crippen LogP contribution < -0.4 is 21.0 Å². The fraction of sp³-hybridized carbons (Fsp3) is 0.125. The van der Waals surface area contributed by atoms with E-state index in [0.29, 0.717) is 20.5 Å². The van der Waals surface area contributed by atoms with Crippen LogP contribution in [0.2, 0.25) is 0 Å². The summed E-state index contributed by atoms with van der Waals surface area (Å²) in [5, 5.41) is 13.2. The third kappa shape index (κ3) is 1.38. The Morgan fingerprint density at radius 3 is 3.00 bits per heavy atom. The lowest BCUT2D eigenvalue weighted by molar-refractivity contribution is 0.353. The normalized spacial score (nSPS) is 15.2. The molecule has 1 aliphatic heterocycles. The van der Waals surface area contributed by atoms with Crippen molar-refractivity contribution >= 4 is 29.4 Å². The van der Waals surface area contributed by atoms with Gasteiger partial charge in [0.15, 0.2) is 0 Å². The third-order valence-electron chi connectivity index (χ3n) is 1.98. The summed E-state index contributed by atoms with van der Waals surface area (Å²) in [5.74, 6) is 0. The van der Waals surface area contributed by atoms with Crippen molar-refractivity contribution in [3.8, 4) is 0 Å². The van der Waals surface area contributed by atoms with Gasteiger partial charge < -0.3 is 5.21 Å². The maximum Gasteiger partial charge on any atom is 0.254 e. The molecule has 6 heteroatoms. The summed E-state index contributed by atoms with van der Waals surface area (Å²) in [7, 11) is 0. The van der Waals surface area contributed by atoms with Crippen molar-refractivity contribution in [3.63, 3.8) is 0 Å². The lowest BCUT2D eigenvalue weighted by Gasteiger charge is -2.18. The largest absolute Gasteiger partial charge is 0.594 e. The van der Waals surface area contributed by atoms with E-state index in [2.05, 4.69) is 18.2 Å². The molecule has 0 unspecified atom stereocenters. The van der Waals surface area contributed by atoms with Gasteiger partial charge in [-0.25, -0.2) is 0 Å². The van der Waals surface area contributed by atoms with E-state index in [1.807, 2.05) is 19.1 Å². The molecule has 4 nitrogen and oxygen atoms in total. The van der Waals surface area contributed by atoms with Crippen molar-refractivity contribution in [2.24, 2.45) is 0 Å². The van der Waals surface area contributed by atoms with Gasteiger partial charge in [0.25, 0.3) is 5.36 Å². The first-order valence-corrected chi connectivity index (χ1v) is 4.74. The van der Waals surface area contributed by atoms with Crippen LogP contribution in [0, 0.1) is 12.1 Å². The summed E-state index contributed by atoms with van der Waals surface area (Å²) in [6.45, 7) is 1.92. The SMILES string of the molecule is Cc1ccc2c(c1)=[N+]([O-])NN(Cl)C=2S. The molecule has 0 aromatic heterocycles. The Labute approximate surface area is 91.1 Å². The maximum atomic E-state index is 11.4. The highest BCUT2D eigenvalue weighted by Crippen LogP contribution is 2.08. The lowest BCUT2D eigenvalue weighted by atomic mass is 10.2. The number of aryl methyl sites for hydroxylation is 1. The molecular weight excluding hydrogens is 222 g/mol. The van der Waals surface area contributed by atoms with Crippen molar-refractivity contribution in [2.75, 3.05) is 0 Å². The second kappa shape index (κ2) is 3.25. The maximum absolute atomic E-state index is 11.4. The van der Waals surface area contributed by atoms with Crippen LogP contribution in [-0.2, 0) is 0 Å². The van der Waals surface area contributed by atoms with Crippen molar-refractivity contribution in [1.29, 1.82) is 0 Å². The minimum absolute atomic E-state index is 0.508. The third-order valence-corrected chi connectivity index (χ3v) is 2.78. The van der Waals surface area contributed by atoms with Gasteiger partial charge in [-0.3, -0.25) is 0 Å². The van der Waals surface area contributed by atoms with Gasteiger partial charge in [0.05, 0.1) is 5.22 Å². The molecule has 0 aliphatic carbocycles. The van der Waals surface area contributed by atoms with E-state index in [0.717, 1.165) is 10.1 Å². The van der Waals surface area contributed by atoms with E-state index < -0.39 is 0 Å². The molecule has 1 aliphatic rings. The number of nitrogens with zero attached hydrogens (tertiary/aromatic N) is 2. The van der Waals surface area contributed by atoms with Crippen LogP contribution in [0.4, 0.5) is 0 Å². The number of benzene rings is 1. The molecule has 14 heavy (non-hydrogen) atoms. The highest BCUT2D eigenvalue weighted by molar-refractivity contribution is 7.90. The van der Waals surface area contributed by atoms with E-state index in [-0.39, 0.29) is 0 Å². The van der Waals surface area contributed by atoms with Gasteiger partial charge in [-0.05, 0) is 18.6 Å². The highest BCUT2D eigenvalue weighted by atomic mass is 35.5. The van der Waals surface area contributed by atoms with Crippen LogP contribution in [0.3, 0.4) is 0 Å². The van der Waals surface area contributed by atoms with E-state index in [4.69, 9.17) is 11.8 Å². The highest BCUT2D eigenvalue weighted by Gasteiger charge is 2.15. The minimum Gasteiger partial charge on any atom is -0.594 e. The van der Waals surface area contributed by atoms with Gasteiger partial charge in [-0.2, -0.15) is 0 Å². The summed E-state index contributed by atoms with van der Waals surface area (Å²) < 4.78 is 1.05. The van der Waals surface area contributed by atoms with Crippen molar-refractivity contribution < 1.29 is 0 Å². The van der Waals surface area contributed by atoms with Crippen LogP contribution >= 0.6 is 24.4 Å². The topological polar surface area (TPSA) is 41.3 Å². The average Bonchev–Trinajstić information content (AvgIpc) is 2.14. The summed E-state index contributed by atoms with van der Waals surface area (Å²) in [5.41, 5.74) is 3.39. The smallest absolute Gasteiger partial charge is 0.254 e. The van der Waals surface area contributed by atoms with Crippen molar-refractivity contribution in [3.05, 3.63) is 39.5 Å². The van der Waals surface area contributed by atoms with Gasteiger partial charge in [0.2, 0.25) is 0 Å². The Balaban J connectivity index is 2.90. The molecule has 2 rings (SSSR count). The first-order valence-electron chi connectivity index (χ1n) is 3.96. The first-order chi connectivity index (χ1) is 6.59. The second-order valence-corrected chi connectivity index (χ2v) is 3.78. The van der Waals surface area contributed by atoms with Gasteiger partial charge in [0.1, 0.15) is 5.03 Å². The Kier molecular flexibility index (Phi) is 2.20. The molecule has 1 N–H and O–H groups in total. The Hall–Kier alpha value is -1.07. The van der Waals surface area contributed by atoms with Crippen LogP contribution in [0.1, 0.15) is 5.56 Å². The van der Waals surface area contributed by atoms with Gasteiger partial charge in [0, 0.05) is 17.8 Å². The fourth-order valence-electron chi connectivity index (χ4n) is 1.29. The second-order valence-electron chi connectivity index (χ2n) is 3.02. The molecule has 1 aromatic carbocycles. The molecular formula is C8H8ClN3OS. The zero-order valence-electron chi connectivity index (χ0n) is 7.36. The Bertz CT molecular complexity index is 502. The van der Waals surface area contributed by atoms with Crippen molar-refractivity contribution in [2.45, 2.75) is 6.92 Å². The van der Waals surface area contributed by atoms with E-state index in [1.54, 1.807) is 6.07 Å². The molecule has 0 saturated carbocycles. The van der Waals surface area contributed by atoms with Crippen LogP contribution in [0.25, 0.3) is 5.03 Å². The average molecular weight is 230 g/mol. The van der Waals surface area contributed by atoms with E-state index >= 15 is 0 Å². The lowest BCUT2D eigenvalue weighted by Crippen LogP contribution is -2.54. The van der Waals surface area contributed by atoms with Crippen molar-refractivity contribution in [1.82, 2.24) is 14.9 Å². The number of halogens is 1. The molecule has 0 fully saturated rings. The zero-order valence-corrected chi connectivity index (χ0v) is 9.01. The monoisotopic (exact) mass is 229 g/mol. The summed E-state index contributed by atoms with van der Waals surface area (Å²) in [4.78, 5) is 0.606. The molecule has 0 spiro atoms. The molecule has 0 bridgehead atoms. The predicted molar refractivity (Wildman–Crippen MR) is 58.3 cm³/mol. The van der Waals surface area contributed by atoms with Crippen LogP contribution in [0.5, 0.6) is 0 Å². The molecule has 0 amide bonds. The number of hydrazine groups is 2. The van der Waals surface area contributed by atoms with Crippen LogP contribution in [0.15, 0.2) is 18.2 Å². The molecule has 74 valence electrons. The quantitative estimate of drug-likeness (QED) is 0.282.